The van der Waals surface area contributed by atoms with E-state index in [1.165, 1.54) is 19.2 Å². The Morgan fingerprint density at radius 1 is 1.26 bits per heavy atom. The molecule has 9 nitrogen and oxygen atoms in total. The van der Waals surface area contributed by atoms with Crippen molar-refractivity contribution in [3.05, 3.63) is 29.8 Å². The highest BCUT2D eigenvalue weighted by Crippen LogP contribution is 2.61. The molecule has 1 aliphatic carbocycles. The van der Waals surface area contributed by atoms with Crippen LogP contribution < -0.4 is 10.5 Å². The second kappa shape index (κ2) is 8.85. The molecule has 2 amide bonds. The number of nitrogens with two attached hydrogens (primary N) is 1. The molecular weight excluding hydrogens is 458 g/mol. The van der Waals surface area contributed by atoms with Crippen LogP contribution in [-0.4, -0.2) is 75.9 Å². The molecule has 11 heteroatoms. The highest BCUT2D eigenvalue weighted by atomic mass is 19.1. The number of alkyl halides is 1. The molecule has 0 bridgehead atoms. The van der Waals surface area contributed by atoms with Gasteiger partial charge in [-0.05, 0) is 51.1 Å². The topological polar surface area (TPSA) is 117 Å². The fourth-order valence-electron chi connectivity index (χ4n) is 6.11. The average molecular weight is 489 g/mol. The smallest absolute Gasteiger partial charge is 0.274 e. The maximum absolute atomic E-state index is 15.1. The van der Waals surface area contributed by atoms with Crippen molar-refractivity contribution in [2.75, 3.05) is 27.2 Å². The first kappa shape index (κ1) is 23.7. The van der Waals surface area contributed by atoms with E-state index in [0.717, 1.165) is 19.0 Å². The maximum Gasteiger partial charge on any atom is 0.274 e. The zero-order chi connectivity index (χ0) is 24.9. The van der Waals surface area contributed by atoms with Gasteiger partial charge in [0.15, 0.2) is 17.8 Å². The van der Waals surface area contributed by atoms with Crippen LogP contribution in [0, 0.1) is 23.6 Å². The summed E-state index contributed by atoms with van der Waals surface area (Å²) < 4.78 is 34.6. The number of methoxy groups -OCH3 is 1. The number of amides is 2. The molecule has 5 atom stereocenters. The van der Waals surface area contributed by atoms with Gasteiger partial charge >= 0.3 is 0 Å². The zero-order valence-electron chi connectivity index (χ0n) is 19.8. The van der Waals surface area contributed by atoms with E-state index < -0.39 is 17.7 Å². The minimum Gasteiger partial charge on any atom is -0.481 e. The van der Waals surface area contributed by atoms with Gasteiger partial charge in [0, 0.05) is 42.1 Å². The first-order valence-corrected chi connectivity index (χ1v) is 12.0. The second-order valence-corrected chi connectivity index (χ2v) is 10.00. The number of hydrogen-bond acceptors (Lipinski definition) is 6. The van der Waals surface area contributed by atoms with Crippen molar-refractivity contribution in [1.82, 2.24) is 25.0 Å². The highest BCUT2D eigenvalue weighted by Gasteiger charge is 2.66. The number of carbonyl (C=O) groups excluding carboxylic acids is 2. The Hall–Kier alpha value is -3.08. The molecule has 5 rings (SSSR count). The van der Waals surface area contributed by atoms with Crippen LogP contribution >= 0.6 is 0 Å². The van der Waals surface area contributed by atoms with E-state index in [2.05, 4.69) is 15.2 Å². The molecule has 3 fully saturated rings. The van der Waals surface area contributed by atoms with Gasteiger partial charge in [-0.15, -0.1) is 0 Å². The van der Waals surface area contributed by atoms with Crippen molar-refractivity contribution >= 4 is 11.8 Å². The molecular formula is C24H30F2N6O3. The number of aromatic amines is 1. The van der Waals surface area contributed by atoms with Gasteiger partial charge in [-0.2, -0.15) is 5.10 Å². The lowest BCUT2D eigenvalue weighted by Crippen LogP contribution is -2.53. The van der Waals surface area contributed by atoms with Crippen LogP contribution in [0.4, 0.5) is 8.78 Å². The van der Waals surface area contributed by atoms with Crippen LogP contribution in [0.1, 0.15) is 42.6 Å². The molecule has 2 aliphatic heterocycles. The van der Waals surface area contributed by atoms with Crippen molar-refractivity contribution in [3.8, 4) is 17.1 Å². The Morgan fingerprint density at radius 3 is 2.80 bits per heavy atom. The van der Waals surface area contributed by atoms with Gasteiger partial charge in [-0.25, -0.2) is 13.8 Å². The van der Waals surface area contributed by atoms with Crippen molar-refractivity contribution in [1.29, 1.82) is 0 Å². The number of pyridine rings is 1. The third kappa shape index (κ3) is 4.05. The van der Waals surface area contributed by atoms with Gasteiger partial charge in [0.25, 0.3) is 5.91 Å². The van der Waals surface area contributed by atoms with Gasteiger partial charge in [-0.3, -0.25) is 19.6 Å². The summed E-state index contributed by atoms with van der Waals surface area (Å²) in [5.41, 5.74) is 5.65. The predicted molar refractivity (Wildman–Crippen MR) is 122 cm³/mol. The Balaban J connectivity index is 1.42. The number of nitrogens with zero attached hydrogens (tertiary/aromatic N) is 4. The highest BCUT2D eigenvalue weighted by molar-refractivity contribution is 5.94. The van der Waals surface area contributed by atoms with Crippen LogP contribution in [0.25, 0.3) is 11.3 Å². The summed E-state index contributed by atoms with van der Waals surface area (Å²) in [7, 11) is 3.21. The van der Waals surface area contributed by atoms with E-state index in [1.54, 1.807) is 16.8 Å². The quantitative estimate of drug-likeness (QED) is 0.624. The van der Waals surface area contributed by atoms with Crippen molar-refractivity contribution in [2.45, 2.75) is 43.9 Å². The number of likely N-dealkylation sites (tertiary alicyclic amines) is 2. The van der Waals surface area contributed by atoms with Gasteiger partial charge in [0.2, 0.25) is 11.8 Å². The summed E-state index contributed by atoms with van der Waals surface area (Å²) in [4.78, 5) is 33.0. The van der Waals surface area contributed by atoms with E-state index in [0.29, 0.717) is 38.0 Å². The van der Waals surface area contributed by atoms with E-state index in [1.807, 2.05) is 0 Å². The van der Waals surface area contributed by atoms with E-state index in [9.17, 15) is 14.0 Å². The Labute approximate surface area is 202 Å². The van der Waals surface area contributed by atoms with Crippen LogP contribution in [0.3, 0.4) is 0 Å². The van der Waals surface area contributed by atoms with E-state index >= 15 is 4.39 Å². The SMILES string of the molecule is COc1cc(-c2cc(C(=O)N3CCC(C(N)=O)CC34CC4C3CCCN(C)C3F)n[nH]2)c(F)cn1. The number of carbonyl (C=O) groups is 2. The standard InChI is InChI=1S/C24H30F2N6O3/c1-31-6-3-4-14(21(31)26)16-11-24(16)10-13(22(27)33)5-7-32(24)23(34)19-9-18(29-30-19)15-8-20(35-2)28-12-17(15)25/h8-9,12-14,16,21H,3-7,10-11H2,1-2H3,(H2,27,33)(H,29,30). The normalized spacial score (nSPS) is 30.9. The predicted octanol–water partition coefficient (Wildman–Crippen LogP) is 2.35. The lowest BCUT2D eigenvalue weighted by molar-refractivity contribution is -0.124. The summed E-state index contributed by atoms with van der Waals surface area (Å²) in [6.07, 6.45) is 3.12. The molecule has 3 N–H and O–H groups in total. The largest absolute Gasteiger partial charge is 0.481 e. The number of rotatable bonds is 5. The number of aromatic nitrogens is 3. The number of halogens is 2. The molecule has 4 heterocycles. The van der Waals surface area contributed by atoms with E-state index in [4.69, 9.17) is 10.5 Å². The van der Waals surface area contributed by atoms with Crippen LogP contribution in [0.15, 0.2) is 18.3 Å². The summed E-state index contributed by atoms with van der Waals surface area (Å²) in [6, 6.07) is 2.92. The van der Waals surface area contributed by atoms with Gasteiger partial charge < -0.3 is 15.4 Å². The summed E-state index contributed by atoms with van der Waals surface area (Å²) >= 11 is 0. The maximum atomic E-state index is 15.1. The summed E-state index contributed by atoms with van der Waals surface area (Å²) in [5, 5.41) is 6.89. The molecule has 2 saturated heterocycles. The minimum absolute atomic E-state index is 0.0494. The molecule has 35 heavy (non-hydrogen) atoms. The fraction of sp³-hybridized carbons (Fsp3) is 0.583. The molecule has 2 aromatic heterocycles. The number of piperidine rings is 2. The van der Waals surface area contributed by atoms with Crippen molar-refractivity contribution < 1.29 is 23.1 Å². The van der Waals surface area contributed by atoms with Crippen molar-refractivity contribution in [3.63, 3.8) is 0 Å². The zero-order valence-corrected chi connectivity index (χ0v) is 19.8. The summed E-state index contributed by atoms with van der Waals surface area (Å²) in [6.45, 7) is 1.04. The van der Waals surface area contributed by atoms with Crippen LogP contribution in [0.2, 0.25) is 0 Å². The molecule has 1 spiro atoms. The van der Waals surface area contributed by atoms with E-state index in [-0.39, 0.29) is 46.7 Å². The van der Waals surface area contributed by atoms with Crippen LogP contribution in [-0.2, 0) is 4.79 Å². The Kier molecular flexibility index (Phi) is 5.98. The molecule has 3 aliphatic rings. The number of hydrogen-bond donors (Lipinski definition) is 2. The average Bonchev–Trinajstić information content (AvgIpc) is 3.31. The van der Waals surface area contributed by atoms with Gasteiger partial charge in [0.05, 0.1) is 19.0 Å². The number of ether oxygens (including phenoxy) is 1. The second-order valence-electron chi connectivity index (χ2n) is 10.00. The minimum atomic E-state index is -1.08. The third-order valence-electron chi connectivity index (χ3n) is 8.06. The first-order chi connectivity index (χ1) is 16.7. The summed E-state index contributed by atoms with van der Waals surface area (Å²) in [5.74, 6) is -1.66. The first-order valence-electron chi connectivity index (χ1n) is 12.0. The van der Waals surface area contributed by atoms with Gasteiger partial charge in [0.1, 0.15) is 0 Å². The molecule has 5 unspecified atom stereocenters. The Bertz CT molecular complexity index is 1140. The Morgan fingerprint density at radius 2 is 2.06 bits per heavy atom. The number of primary amides is 1. The molecule has 188 valence electrons. The lowest BCUT2D eigenvalue weighted by Gasteiger charge is -2.42. The molecule has 0 radical (unpaired) electrons. The number of nitrogens with one attached hydrogen (secondary N) is 1. The molecule has 1 saturated carbocycles. The number of H-pyrrole nitrogens is 1. The van der Waals surface area contributed by atoms with Gasteiger partial charge in [-0.1, -0.05) is 0 Å². The monoisotopic (exact) mass is 488 g/mol. The lowest BCUT2D eigenvalue weighted by atomic mass is 9.82. The molecule has 0 aromatic carbocycles. The molecule has 2 aromatic rings. The van der Waals surface area contributed by atoms with Crippen LogP contribution in [0.5, 0.6) is 5.88 Å². The van der Waals surface area contributed by atoms with Crippen molar-refractivity contribution in [2.24, 2.45) is 23.5 Å². The third-order valence-corrected chi connectivity index (χ3v) is 8.06. The fourth-order valence-corrected chi connectivity index (χ4v) is 6.11.